The predicted molar refractivity (Wildman–Crippen MR) is 33.8 cm³/mol. The van der Waals surface area contributed by atoms with E-state index in [1.807, 2.05) is 0 Å². The summed E-state index contributed by atoms with van der Waals surface area (Å²) in [5.41, 5.74) is 0. The first-order chi connectivity index (χ1) is 5.86. The molecule has 0 aromatic heterocycles. The van der Waals surface area contributed by atoms with Gasteiger partial charge in [0, 0.05) is 0 Å². The van der Waals surface area contributed by atoms with Crippen molar-refractivity contribution >= 4 is 30.8 Å². The molecule has 0 bridgehead atoms. The molecule has 0 radical (unpaired) electrons. The zero-order chi connectivity index (χ0) is 10.9. The van der Waals surface area contributed by atoms with Gasteiger partial charge in [0.2, 0.25) is 6.16 Å². The molecule has 0 atom stereocenters. The molecular weight excluding hydrogens is 251 g/mol. The standard InChI is InChI=1S/C2H2O6S.CH2O3.K/c3-1(4)7-9-8-2(5)6;2-1(3)4;/h(H,3,4)(H,5,6);(H2,2,3,4);/q;;+1/p-1. The first kappa shape index (κ1) is 19.4. The Morgan fingerprint density at radius 1 is 1.00 bits per heavy atom. The first-order valence-electron chi connectivity index (χ1n) is 2.23. The predicted octanol–water partition coefficient (Wildman–Crippen LogP) is -3.17. The second kappa shape index (κ2) is 12.8. The fraction of sp³-hybridized carbons (Fsp3) is 0. The molecule has 9 nitrogen and oxygen atoms in total. The summed E-state index contributed by atoms with van der Waals surface area (Å²) in [5.74, 6) is 0. The second-order valence-electron chi connectivity index (χ2n) is 1.03. The number of hydrogen-bond acceptors (Lipinski definition) is 7. The molecule has 0 aliphatic rings. The Morgan fingerprint density at radius 3 is 1.36 bits per heavy atom. The van der Waals surface area contributed by atoms with E-state index >= 15 is 0 Å². The van der Waals surface area contributed by atoms with Gasteiger partial charge >= 0.3 is 76.0 Å². The summed E-state index contributed by atoms with van der Waals surface area (Å²) in [5, 5.41) is 30.7. The van der Waals surface area contributed by atoms with Crippen LogP contribution in [-0.2, 0) is 8.37 Å². The van der Waals surface area contributed by atoms with Crippen molar-refractivity contribution in [2.75, 3.05) is 0 Å². The summed E-state index contributed by atoms with van der Waals surface area (Å²) < 4.78 is 7.17. The van der Waals surface area contributed by atoms with E-state index in [0.29, 0.717) is 0 Å². The monoisotopic (exact) mass is 254 g/mol. The molecule has 3 N–H and O–H groups in total. The molecule has 0 amide bonds. The van der Waals surface area contributed by atoms with Gasteiger partial charge in [0.15, 0.2) is 0 Å². The maximum Gasteiger partial charge on any atom is 1.00 e. The van der Waals surface area contributed by atoms with Gasteiger partial charge in [-0.2, -0.15) is 0 Å². The van der Waals surface area contributed by atoms with Crippen molar-refractivity contribution < 1.29 is 94.6 Å². The van der Waals surface area contributed by atoms with Crippen molar-refractivity contribution in [1.82, 2.24) is 0 Å². The maximum absolute atomic E-state index is 9.46. The Labute approximate surface area is 124 Å². The van der Waals surface area contributed by atoms with Crippen molar-refractivity contribution in [1.29, 1.82) is 0 Å². The van der Waals surface area contributed by atoms with Crippen molar-refractivity contribution in [2.24, 2.45) is 0 Å². The molecule has 0 spiro atoms. The van der Waals surface area contributed by atoms with Gasteiger partial charge in [-0.15, -0.1) is 0 Å². The summed E-state index contributed by atoms with van der Waals surface area (Å²) in [4.78, 5) is 27.4. The minimum absolute atomic E-state index is 0. The van der Waals surface area contributed by atoms with Gasteiger partial charge in [-0.3, -0.25) is 0 Å². The van der Waals surface area contributed by atoms with Crippen LogP contribution in [0.4, 0.5) is 14.4 Å². The van der Waals surface area contributed by atoms with E-state index in [1.54, 1.807) is 0 Å². The van der Waals surface area contributed by atoms with Gasteiger partial charge in [0.25, 0.3) is 0 Å². The topological polar surface area (TPSA) is 153 Å². The van der Waals surface area contributed by atoms with E-state index in [4.69, 9.17) is 25.2 Å². The molecule has 0 aliphatic heterocycles. The average Bonchev–Trinajstić information content (AvgIpc) is 1.83. The Balaban J connectivity index is -0.000000209. The van der Waals surface area contributed by atoms with E-state index in [0.717, 1.165) is 0 Å². The van der Waals surface area contributed by atoms with E-state index in [2.05, 4.69) is 8.37 Å². The van der Waals surface area contributed by atoms with Crippen LogP contribution in [0, 0.1) is 0 Å². The van der Waals surface area contributed by atoms with Crippen LogP contribution >= 0.6 is 12.3 Å². The molecule has 0 saturated carbocycles. The van der Waals surface area contributed by atoms with E-state index in [1.165, 1.54) is 0 Å². The normalized spacial score (nSPS) is 6.86. The molecule has 76 valence electrons. The molecule has 0 aromatic rings. The number of hydrogen-bond donors (Lipinski definition) is 3. The van der Waals surface area contributed by atoms with Crippen molar-refractivity contribution in [3.05, 3.63) is 0 Å². The van der Waals surface area contributed by atoms with Crippen molar-refractivity contribution in [3.63, 3.8) is 0 Å². The van der Waals surface area contributed by atoms with Crippen LogP contribution in [0.3, 0.4) is 0 Å². The quantitative estimate of drug-likeness (QED) is 0.339. The molecule has 0 unspecified atom stereocenters. The molecule has 14 heavy (non-hydrogen) atoms. The zero-order valence-corrected chi connectivity index (χ0v) is 10.6. The SMILES string of the molecule is O=C(O)OSOC(=O)O.O=C([O-])O.[K+]. The van der Waals surface area contributed by atoms with Gasteiger partial charge < -0.3 is 33.6 Å². The van der Waals surface area contributed by atoms with E-state index in [9.17, 15) is 9.59 Å². The van der Waals surface area contributed by atoms with Gasteiger partial charge in [0.1, 0.15) is 0 Å². The average molecular weight is 254 g/mol. The third-order valence-electron chi connectivity index (χ3n) is 0.211. The number of carbonyl (C=O) groups is 3. The van der Waals surface area contributed by atoms with Crippen molar-refractivity contribution in [3.8, 4) is 0 Å². The largest absolute Gasteiger partial charge is 1.00 e. The van der Waals surface area contributed by atoms with Crippen molar-refractivity contribution in [2.45, 2.75) is 0 Å². The van der Waals surface area contributed by atoms with Crippen LogP contribution in [0.5, 0.6) is 0 Å². The van der Waals surface area contributed by atoms with Crippen LogP contribution in [0.15, 0.2) is 0 Å². The molecule has 0 aromatic carbocycles. The molecule has 0 aliphatic carbocycles. The van der Waals surface area contributed by atoms with Crippen LogP contribution < -0.4 is 56.5 Å². The van der Waals surface area contributed by atoms with Gasteiger partial charge in [0.05, 0.1) is 0 Å². The van der Waals surface area contributed by atoms with Crippen LogP contribution in [0.25, 0.3) is 0 Å². The first-order valence-corrected chi connectivity index (χ1v) is 2.90. The van der Waals surface area contributed by atoms with Crippen LogP contribution in [0.2, 0.25) is 0 Å². The smallest absolute Gasteiger partial charge is 0.565 e. The zero-order valence-electron chi connectivity index (χ0n) is 6.70. The number of carboxylic acid groups (broad SMARTS) is 4. The Morgan fingerprint density at radius 2 is 1.21 bits per heavy atom. The molecule has 0 saturated heterocycles. The molecule has 0 fully saturated rings. The Hall–Kier alpha value is -0.204. The van der Waals surface area contributed by atoms with Gasteiger partial charge in [-0.25, -0.2) is 9.59 Å². The van der Waals surface area contributed by atoms with Crippen LogP contribution in [-0.4, -0.2) is 33.8 Å². The maximum atomic E-state index is 9.46. The molecule has 0 heterocycles. The number of rotatable bonds is 2. The third kappa shape index (κ3) is 40.9. The Kier molecular flexibility index (Phi) is 17.7. The van der Waals surface area contributed by atoms with Crippen LogP contribution in [0.1, 0.15) is 0 Å². The summed E-state index contributed by atoms with van der Waals surface area (Å²) in [6.07, 6.45) is -5.30. The van der Waals surface area contributed by atoms with E-state index in [-0.39, 0.29) is 63.7 Å². The summed E-state index contributed by atoms with van der Waals surface area (Å²) >= 11 is -0.130. The fourth-order valence-corrected chi connectivity index (χ4v) is 0.226. The molecule has 0 rings (SSSR count). The fourth-order valence-electron chi connectivity index (χ4n) is 0.0752. The minimum atomic E-state index is -2.08. The summed E-state index contributed by atoms with van der Waals surface area (Å²) in [7, 11) is 0. The molecular formula is C3H3KO9S. The third-order valence-corrected chi connectivity index (χ3v) is 0.632. The molecule has 11 heteroatoms. The van der Waals surface area contributed by atoms with Gasteiger partial charge in [-0.1, -0.05) is 0 Å². The summed E-state index contributed by atoms with van der Waals surface area (Å²) in [6.45, 7) is 0. The van der Waals surface area contributed by atoms with E-state index < -0.39 is 18.5 Å². The Bertz CT molecular complexity index is 174. The second-order valence-corrected chi connectivity index (χ2v) is 1.50. The van der Waals surface area contributed by atoms with Gasteiger partial charge in [-0.05, 0) is 0 Å². The summed E-state index contributed by atoms with van der Waals surface area (Å²) in [6, 6.07) is 0. The minimum Gasteiger partial charge on any atom is -0.565 e.